The molecule has 4 aromatic rings. The number of rotatable bonds is 8. The monoisotopic (exact) mass is 652 g/mol. The van der Waals surface area contributed by atoms with Crippen molar-refractivity contribution in [3.05, 3.63) is 94.0 Å². The van der Waals surface area contributed by atoms with Crippen LogP contribution in [0.2, 0.25) is 10.0 Å². The van der Waals surface area contributed by atoms with Crippen molar-refractivity contribution in [1.82, 2.24) is 19.2 Å². The highest BCUT2D eigenvalue weighted by Gasteiger charge is 2.53. The Morgan fingerprint density at radius 3 is 2.57 bits per heavy atom. The van der Waals surface area contributed by atoms with E-state index in [1.807, 2.05) is 0 Å². The highest BCUT2D eigenvalue weighted by molar-refractivity contribution is 7.89. The lowest BCUT2D eigenvalue weighted by molar-refractivity contribution is -0.125. The van der Waals surface area contributed by atoms with Gasteiger partial charge in [-0.05, 0) is 67.8 Å². The normalized spacial score (nSPS) is 20.1. The van der Waals surface area contributed by atoms with Gasteiger partial charge in [0.2, 0.25) is 11.9 Å². The number of imidazole rings is 1. The molecule has 11 nitrogen and oxygen atoms in total. The van der Waals surface area contributed by atoms with Gasteiger partial charge in [0, 0.05) is 23.0 Å². The molecule has 0 radical (unpaired) electrons. The number of hydrogen-bond acceptors (Lipinski definition) is 7. The van der Waals surface area contributed by atoms with Crippen LogP contribution in [0.25, 0.3) is 0 Å². The fourth-order valence-electron chi connectivity index (χ4n) is 5.82. The van der Waals surface area contributed by atoms with Crippen molar-refractivity contribution in [2.24, 2.45) is 0 Å². The van der Waals surface area contributed by atoms with Crippen LogP contribution in [0.4, 0.5) is 11.6 Å². The van der Waals surface area contributed by atoms with Crippen LogP contribution in [0.1, 0.15) is 36.7 Å². The SMILES string of the molecule is C[C@@]1(Cc2ccc(C#N)cc2)C(=O)N(c2cc(Cl)cc(Cl)c2)c2ncc(S(=O)(=O)N3CCC[C@H]3C(=O)NCc3ccco3)n21. The average molecular weight is 654 g/mol. The summed E-state index contributed by atoms with van der Waals surface area (Å²) >= 11 is 12.6. The Kier molecular flexibility index (Phi) is 7.75. The zero-order chi connectivity index (χ0) is 31.2. The van der Waals surface area contributed by atoms with E-state index in [0.29, 0.717) is 35.4 Å². The van der Waals surface area contributed by atoms with Crippen molar-refractivity contribution in [2.45, 2.75) is 49.3 Å². The third kappa shape index (κ3) is 5.16. The second-order valence-corrected chi connectivity index (χ2v) is 13.5. The number of aromatic nitrogens is 2. The van der Waals surface area contributed by atoms with E-state index >= 15 is 0 Å². The van der Waals surface area contributed by atoms with Crippen LogP contribution in [-0.2, 0) is 38.1 Å². The molecular formula is C30H26Cl2N6O5S. The number of sulfonamides is 1. The Morgan fingerprint density at radius 1 is 1.18 bits per heavy atom. The second kappa shape index (κ2) is 11.4. The summed E-state index contributed by atoms with van der Waals surface area (Å²) in [6.07, 6.45) is 3.60. The third-order valence-electron chi connectivity index (χ3n) is 7.90. The minimum atomic E-state index is -4.33. The predicted molar refractivity (Wildman–Crippen MR) is 162 cm³/mol. The number of nitriles is 1. The lowest BCUT2D eigenvalue weighted by atomic mass is 9.91. The molecule has 2 aliphatic rings. The molecule has 2 aromatic carbocycles. The van der Waals surface area contributed by atoms with E-state index in [2.05, 4.69) is 16.4 Å². The minimum absolute atomic E-state index is 0.0704. The number of carbonyl (C=O) groups excluding carboxylic acids is 2. The van der Waals surface area contributed by atoms with Crippen molar-refractivity contribution < 1.29 is 22.4 Å². The zero-order valence-electron chi connectivity index (χ0n) is 23.4. The number of nitrogens with one attached hydrogen (secondary N) is 1. The summed E-state index contributed by atoms with van der Waals surface area (Å²) in [5, 5.41) is 12.3. The molecule has 2 atom stereocenters. The fourth-order valence-corrected chi connectivity index (χ4v) is 8.18. The molecule has 1 saturated heterocycles. The molecule has 4 heterocycles. The Balaban J connectivity index is 1.42. The molecule has 0 unspecified atom stereocenters. The van der Waals surface area contributed by atoms with Crippen LogP contribution >= 0.6 is 23.2 Å². The first-order valence-electron chi connectivity index (χ1n) is 13.7. The topological polar surface area (TPSA) is 142 Å². The molecule has 44 heavy (non-hydrogen) atoms. The number of furan rings is 1. The third-order valence-corrected chi connectivity index (χ3v) is 10.2. The van der Waals surface area contributed by atoms with Gasteiger partial charge in [-0.3, -0.25) is 14.2 Å². The van der Waals surface area contributed by atoms with Gasteiger partial charge in [0.15, 0.2) is 5.03 Å². The Hall–Kier alpha value is -4.15. The van der Waals surface area contributed by atoms with Crippen molar-refractivity contribution in [1.29, 1.82) is 5.26 Å². The van der Waals surface area contributed by atoms with Crippen LogP contribution in [0.15, 0.2) is 76.5 Å². The molecule has 6 rings (SSSR count). The van der Waals surface area contributed by atoms with Gasteiger partial charge < -0.3 is 9.73 Å². The van der Waals surface area contributed by atoms with Crippen molar-refractivity contribution in [2.75, 3.05) is 11.4 Å². The molecule has 0 spiro atoms. The van der Waals surface area contributed by atoms with Gasteiger partial charge in [-0.2, -0.15) is 9.57 Å². The maximum Gasteiger partial charge on any atom is 0.261 e. The Morgan fingerprint density at radius 2 is 1.91 bits per heavy atom. The molecule has 2 amide bonds. The van der Waals surface area contributed by atoms with Crippen molar-refractivity contribution in [3.8, 4) is 6.07 Å². The molecule has 2 aliphatic heterocycles. The number of anilines is 2. The fraction of sp³-hybridized carbons (Fsp3) is 0.267. The van der Waals surface area contributed by atoms with Gasteiger partial charge in [0.25, 0.3) is 15.9 Å². The Bertz CT molecular complexity index is 1880. The molecule has 0 saturated carbocycles. The molecular weight excluding hydrogens is 627 g/mol. The van der Waals surface area contributed by atoms with E-state index in [-0.39, 0.29) is 40.5 Å². The molecule has 1 N–H and O–H groups in total. The summed E-state index contributed by atoms with van der Waals surface area (Å²) in [5.74, 6) is -0.289. The average Bonchev–Trinajstić information content (AvgIpc) is 3.79. The van der Waals surface area contributed by atoms with Gasteiger partial charge in [-0.25, -0.2) is 18.3 Å². The van der Waals surface area contributed by atoms with Crippen LogP contribution < -0.4 is 10.2 Å². The maximum absolute atomic E-state index is 14.3. The second-order valence-electron chi connectivity index (χ2n) is 10.8. The zero-order valence-corrected chi connectivity index (χ0v) is 25.7. The standard InChI is InChI=1S/C30H26Cl2N6O5S/c1-30(15-19-6-8-20(16-33)9-7-19)28(40)37(23-13-21(31)12-22(32)14-23)29-35-18-26(38(29)30)44(41,42)36-10-2-5-25(36)27(39)34-17-24-4-3-11-43-24/h3-4,6-9,11-14,18,25H,2,5,10,15,17H2,1H3,(H,34,39)/t25-,30+/m0/s1. The van der Waals surface area contributed by atoms with E-state index in [1.165, 1.54) is 32.3 Å². The number of benzene rings is 2. The van der Waals surface area contributed by atoms with Gasteiger partial charge in [-0.1, -0.05) is 35.3 Å². The van der Waals surface area contributed by atoms with E-state index in [1.54, 1.807) is 55.5 Å². The molecule has 226 valence electrons. The molecule has 2 aromatic heterocycles. The van der Waals surface area contributed by atoms with Gasteiger partial charge >= 0.3 is 0 Å². The summed E-state index contributed by atoms with van der Waals surface area (Å²) in [6.45, 7) is 1.88. The minimum Gasteiger partial charge on any atom is -0.467 e. The van der Waals surface area contributed by atoms with Gasteiger partial charge in [0.05, 0.1) is 36.3 Å². The molecule has 0 aliphatic carbocycles. The van der Waals surface area contributed by atoms with Crippen LogP contribution in [0, 0.1) is 11.3 Å². The van der Waals surface area contributed by atoms with Gasteiger partial charge in [-0.15, -0.1) is 0 Å². The smallest absolute Gasteiger partial charge is 0.261 e. The summed E-state index contributed by atoms with van der Waals surface area (Å²) in [5.41, 5.74) is 0.00532. The molecule has 14 heteroatoms. The number of fused-ring (bicyclic) bond motifs is 1. The summed E-state index contributed by atoms with van der Waals surface area (Å²) in [6, 6.07) is 15.9. The summed E-state index contributed by atoms with van der Waals surface area (Å²) in [4.78, 5) is 33.2. The van der Waals surface area contributed by atoms with Crippen LogP contribution in [0.5, 0.6) is 0 Å². The number of halogens is 2. The highest BCUT2D eigenvalue weighted by Crippen LogP contribution is 2.45. The van der Waals surface area contributed by atoms with Crippen LogP contribution in [-0.4, -0.2) is 46.7 Å². The quantitative estimate of drug-likeness (QED) is 0.289. The first-order chi connectivity index (χ1) is 21.0. The largest absolute Gasteiger partial charge is 0.467 e. The van der Waals surface area contributed by atoms with E-state index in [9.17, 15) is 23.3 Å². The molecule has 1 fully saturated rings. The van der Waals surface area contributed by atoms with Crippen molar-refractivity contribution in [3.63, 3.8) is 0 Å². The predicted octanol–water partition coefficient (Wildman–Crippen LogP) is 4.76. The molecule has 0 bridgehead atoms. The van der Waals surface area contributed by atoms with E-state index < -0.39 is 33.4 Å². The van der Waals surface area contributed by atoms with Crippen molar-refractivity contribution >= 4 is 56.7 Å². The Labute approximate surface area is 263 Å². The number of amides is 2. The van der Waals surface area contributed by atoms with E-state index in [0.717, 1.165) is 0 Å². The van der Waals surface area contributed by atoms with Crippen LogP contribution in [0.3, 0.4) is 0 Å². The maximum atomic E-state index is 14.3. The van der Waals surface area contributed by atoms with E-state index in [4.69, 9.17) is 27.6 Å². The number of carbonyl (C=O) groups is 2. The van der Waals surface area contributed by atoms with Gasteiger partial charge in [0.1, 0.15) is 17.3 Å². The number of hydrogen-bond donors (Lipinski definition) is 1. The summed E-state index contributed by atoms with van der Waals surface area (Å²) in [7, 11) is -4.33. The highest BCUT2D eigenvalue weighted by atomic mass is 35.5. The lowest BCUT2D eigenvalue weighted by Gasteiger charge is -2.29. The first-order valence-corrected chi connectivity index (χ1v) is 15.9. The first kappa shape index (κ1) is 29.9. The lowest BCUT2D eigenvalue weighted by Crippen LogP contribution is -2.47. The summed E-state index contributed by atoms with van der Waals surface area (Å²) < 4.78 is 36.5. The number of nitrogens with zero attached hydrogens (tertiary/aromatic N) is 5.